The first-order valence-electron chi connectivity index (χ1n) is 6.63. The molecule has 110 valence electrons. The topological polar surface area (TPSA) is 40.5 Å². The van der Waals surface area contributed by atoms with Crippen molar-refractivity contribution in [1.29, 1.82) is 0 Å². The molecule has 0 bridgehead atoms. The molecule has 3 rings (SSSR count). The molecular weight excluding hydrogens is 319 g/mol. The molecule has 0 spiro atoms. The molecule has 0 saturated carbocycles. The normalized spacial score (nSPS) is 10.6. The zero-order valence-corrected chi connectivity index (χ0v) is 12.9. The lowest BCUT2D eigenvalue weighted by molar-refractivity contribution is 0.463. The monoisotopic (exact) mass is 330 g/mol. The number of aromatic hydroxyl groups is 2. The van der Waals surface area contributed by atoms with Gasteiger partial charge in [-0.3, -0.25) is 0 Å². The molecule has 0 aliphatic rings. The highest BCUT2D eigenvalue weighted by atomic mass is 35.5. The molecule has 0 aromatic heterocycles. The van der Waals surface area contributed by atoms with Gasteiger partial charge in [-0.25, -0.2) is 0 Å². The molecular formula is C18H12Cl2O2. The summed E-state index contributed by atoms with van der Waals surface area (Å²) in [6, 6.07) is 17.3. The summed E-state index contributed by atoms with van der Waals surface area (Å²) in [5.41, 5.74) is 2.25. The van der Waals surface area contributed by atoms with Gasteiger partial charge in [0.05, 0.1) is 0 Å². The molecule has 22 heavy (non-hydrogen) atoms. The average Bonchev–Trinajstić information content (AvgIpc) is 2.51. The molecule has 3 aromatic carbocycles. The van der Waals surface area contributed by atoms with Crippen molar-refractivity contribution in [2.75, 3.05) is 0 Å². The molecule has 0 atom stereocenters. The van der Waals surface area contributed by atoms with Crippen molar-refractivity contribution >= 4 is 23.2 Å². The fourth-order valence-corrected chi connectivity index (χ4v) is 2.84. The highest BCUT2D eigenvalue weighted by molar-refractivity contribution is 6.34. The summed E-state index contributed by atoms with van der Waals surface area (Å²) in [7, 11) is 0. The summed E-state index contributed by atoms with van der Waals surface area (Å²) < 4.78 is 0. The summed E-state index contributed by atoms with van der Waals surface area (Å²) >= 11 is 12.3. The standard InChI is InChI=1S/C18H12Cl2O2/c19-15-7-3-1-5-11(15)13-9-18(22)14(10-17(13)21)12-6-2-4-8-16(12)20/h1-10,21-22H. The van der Waals surface area contributed by atoms with Crippen LogP contribution in [0.15, 0.2) is 60.7 Å². The van der Waals surface area contributed by atoms with Crippen LogP contribution in [0.1, 0.15) is 0 Å². The minimum atomic E-state index is 0.0285. The highest BCUT2D eigenvalue weighted by Crippen LogP contribution is 2.43. The Morgan fingerprint density at radius 1 is 0.545 bits per heavy atom. The Morgan fingerprint density at radius 2 is 0.909 bits per heavy atom. The smallest absolute Gasteiger partial charge is 0.124 e. The Labute approximate surface area is 138 Å². The lowest BCUT2D eigenvalue weighted by Gasteiger charge is -2.12. The maximum atomic E-state index is 10.3. The van der Waals surface area contributed by atoms with Gasteiger partial charge in [0.15, 0.2) is 0 Å². The number of hydrogen-bond donors (Lipinski definition) is 2. The van der Waals surface area contributed by atoms with Crippen molar-refractivity contribution in [3.05, 3.63) is 70.7 Å². The summed E-state index contributed by atoms with van der Waals surface area (Å²) in [6.45, 7) is 0. The van der Waals surface area contributed by atoms with Crippen LogP contribution < -0.4 is 0 Å². The van der Waals surface area contributed by atoms with E-state index in [2.05, 4.69) is 0 Å². The van der Waals surface area contributed by atoms with Gasteiger partial charge in [-0.1, -0.05) is 59.6 Å². The van der Waals surface area contributed by atoms with Crippen molar-refractivity contribution in [1.82, 2.24) is 0 Å². The van der Waals surface area contributed by atoms with Crippen LogP contribution in [-0.4, -0.2) is 10.2 Å². The molecule has 2 nitrogen and oxygen atoms in total. The quantitative estimate of drug-likeness (QED) is 0.588. The van der Waals surface area contributed by atoms with Crippen molar-refractivity contribution in [3.63, 3.8) is 0 Å². The fraction of sp³-hybridized carbons (Fsp3) is 0. The zero-order chi connectivity index (χ0) is 15.7. The average molecular weight is 331 g/mol. The third-order valence-electron chi connectivity index (χ3n) is 3.44. The second kappa shape index (κ2) is 5.91. The lowest BCUT2D eigenvalue weighted by Crippen LogP contribution is -1.85. The van der Waals surface area contributed by atoms with E-state index >= 15 is 0 Å². The first-order chi connectivity index (χ1) is 10.6. The molecule has 3 aromatic rings. The van der Waals surface area contributed by atoms with Gasteiger partial charge in [-0.05, 0) is 24.3 Å². The number of phenolic OH excluding ortho intramolecular Hbond substituents is 2. The lowest BCUT2D eigenvalue weighted by atomic mass is 9.98. The Kier molecular flexibility index (Phi) is 3.97. The van der Waals surface area contributed by atoms with E-state index in [1.54, 1.807) is 36.4 Å². The van der Waals surface area contributed by atoms with Gasteiger partial charge in [-0.2, -0.15) is 0 Å². The number of benzene rings is 3. The number of rotatable bonds is 2. The van der Waals surface area contributed by atoms with Crippen LogP contribution in [0.3, 0.4) is 0 Å². The van der Waals surface area contributed by atoms with E-state index < -0.39 is 0 Å². The van der Waals surface area contributed by atoms with Gasteiger partial charge in [0.1, 0.15) is 11.5 Å². The van der Waals surface area contributed by atoms with Gasteiger partial charge >= 0.3 is 0 Å². The van der Waals surface area contributed by atoms with Crippen LogP contribution in [0.25, 0.3) is 22.3 Å². The third-order valence-corrected chi connectivity index (χ3v) is 4.10. The Morgan fingerprint density at radius 3 is 1.27 bits per heavy atom. The molecule has 2 N–H and O–H groups in total. The zero-order valence-electron chi connectivity index (χ0n) is 11.4. The number of phenols is 2. The van der Waals surface area contributed by atoms with Gasteiger partial charge in [0.2, 0.25) is 0 Å². The minimum Gasteiger partial charge on any atom is -0.507 e. The van der Waals surface area contributed by atoms with Crippen molar-refractivity contribution in [3.8, 4) is 33.8 Å². The highest BCUT2D eigenvalue weighted by Gasteiger charge is 2.15. The van der Waals surface area contributed by atoms with Crippen molar-refractivity contribution < 1.29 is 10.2 Å². The van der Waals surface area contributed by atoms with Gasteiger partial charge in [0, 0.05) is 32.3 Å². The number of hydrogen-bond acceptors (Lipinski definition) is 2. The summed E-state index contributed by atoms with van der Waals surface area (Å²) in [5, 5.41) is 21.7. The van der Waals surface area contributed by atoms with E-state index in [0.29, 0.717) is 32.3 Å². The first-order valence-corrected chi connectivity index (χ1v) is 7.39. The van der Waals surface area contributed by atoms with Crippen LogP contribution in [0.2, 0.25) is 10.0 Å². The predicted molar refractivity (Wildman–Crippen MR) is 90.7 cm³/mol. The second-order valence-corrected chi connectivity index (χ2v) is 5.66. The summed E-state index contributed by atoms with van der Waals surface area (Å²) in [4.78, 5) is 0. The van der Waals surface area contributed by atoms with E-state index in [1.165, 1.54) is 12.1 Å². The van der Waals surface area contributed by atoms with Gasteiger partial charge < -0.3 is 10.2 Å². The van der Waals surface area contributed by atoms with Crippen LogP contribution in [0.4, 0.5) is 0 Å². The molecule has 0 amide bonds. The second-order valence-electron chi connectivity index (χ2n) is 4.85. The van der Waals surface area contributed by atoms with Crippen molar-refractivity contribution in [2.45, 2.75) is 0 Å². The molecule has 0 radical (unpaired) electrons. The maximum Gasteiger partial charge on any atom is 0.124 e. The molecule has 0 aliphatic heterocycles. The molecule has 0 heterocycles. The van der Waals surface area contributed by atoms with Gasteiger partial charge in [-0.15, -0.1) is 0 Å². The van der Waals surface area contributed by atoms with Crippen LogP contribution in [0.5, 0.6) is 11.5 Å². The van der Waals surface area contributed by atoms with E-state index in [-0.39, 0.29) is 11.5 Å². The molecule has 4 heteroatoms. The Hall–Kier alpha value is -2.16. The van der Waals surface area contributed by atoms with E-state index in [0.717, 1.165) is 0 Å². The molecule has 0 aliphatic carbocycles. The van der Waals surface area contributed by atoms with Crippen LogP contribution in [0, 0.1) is 0 Å². The van der Waals surface area contributed by atoms with Gasteiger partial charge in [0.25, 0.3) is 0 Å². The van der Waals surface area contributed by atoms with E-state index in [1.807, 2.05) is 12.1 Å². The Bertz CT molecular complexity index is 773. The third kappa shape index (κ3) is 2.63. The molecule has 0 unspecified atom stereocenters. The summed E-state index contributed by atoms with van der Waals surface area (Å²) in [6.07, 6.45) is 0. The van der Waals surface area contributed by atoms with Crippen LogP contribution >= 0.6 is 23.2 Å². The van der Waals surface area contributed by atoms with E-state index in [9.17, 15) is 10.2 Å². The summed E-state index contributed by atoms with van der Waals surface area (Å²) in [5.74, 6) is 0.0571. The largest absolute Gasteiger partial charge is 0.507 e. The first kappa shape index (κ1) is 14.8. The van der Waals surface area contributed by atoms with E-state index in [4.69, 9.17) is 23.2 Å². The predicted octanol–water partition coefficient (Wildman–Crippen LogP) is 5.74. The van der Waals surface area contributed by atoms with Crippen LogP contribution in [-0.2, 0) is 0 Å². The minimum absolute atomic E-state index is 0.0285. The fourth-order valence-electron chi connectivity index (χ4n) is 2.37. The van der Waals surface area contributed by atoms with Crippen molar-refractivity contribution in [2.24, 2.45) is 0 Å². The Balaban J connectivity index is 2.18. The maximum absolute atomic E-state index is 10.3. The number of halogens is 2. The molecule has 0 saturated heterocycles. The molecule has 0 fully saturated rings. The SMILES string of the molecule is Oc1cc(-c2ccccc2Cl)c(O)cc1-c1ccccc1Cl.